The van der Waals surface area contributed by atoms with E-state index in [1.54, 1.807) is 24.4 Å². The lowest BCUT2D eigenvalue weighted by molar-refractivity contribution is 0.318. The molecule has 0 heterocycles. The van der Waals surface area contributed by atoms with Gasteiger partial charge in [0.2, 0.25) is 0 Å². The first kappa shape index (κ1) is 21.4. The number of phenols is 1. The van der Waals surface area contributed by atoms with Crippen LogP contribution in [0.4, 0.5) is 5.69 Å². The van der Waals surface area contributed by atoms with Crippen LogP contribution < -0.4 is 9.47 Å². The van der Waals surface area contributed by atoms with Crippen molar-refractivity contribution in [2.75, 3.05) is 6.61 Å². The highest BCUT2D eigenvalue weighted by molar-refractivity contribution is 5.83. The van der Waals surface area contributed by atoms with Crippen molar-refractivity contribution in [2.45, 2.75) is 39.5 Å². The van der Waals surface area contributed by atoms with Gasteiger partial charge in [0.25, 0.3) is 0 Å². The first-order chi connectivity index (χ1) is 14.4. The van der Waals surface area contributed by atoms with Crippen LogP contribution in [-0.2, 0) is 5.41 Å². The second-order valence-corrected chi connectivity index (χ2v) is 7.78. The fraction of sp³-hybridized carbons (Fsp3) is 0.269. The number of rotatable bonds is 8. The van der Waals surface area contributed by atoms with Crippen LogP contribution in [0.5, 0.6) is 23.0 Å². The van der Waals surface area contributed by atoms with Crippen molar-refractivity contribution in [3.63, 3.8) is 0 Å². The van der Waals surface area contributed by atoms with Gasteiger partial charge in [0.15, 0.2) is 11.5 Å². The molecule has 0 aliphatic rings. The summed E-state index contributed by atoms with van der Waals surface area (Å²) in [6.07, 6.45) is 2.83. The van der Waals surface area contributed by atoms with Gasteiger partial charge in [0, 0.05) is 6.21 Å². The number of hydrogen-bond acceptors (Lipinski definition) is 4. The second kappa shape index (κ2) is 9.49. The lowest BCUT2D eigenvalue weighted by Gasteiger charge is -2.23. The highest BCUT2D eigenvalue weighted by atomic mass is 16.5. The molecule has 3 aromatic rings. The van der Waals surface area contributed by atoms with Crippen molar-refractivity contribution in [3.8, 4) is 23.0 Å². The summed E-state index contributed by atoms with van der Waals surface area (Å²) in [5, 5.41) is 9.79. The Bertz CT molecular complexity index is 990. The Balaban J connectivity index is 1.65. The summed E-state index contributed by atoms with van der Waals surface area (Å²) in [5.74, 6) is 2.16. The smallest absolute Gasteiger partial charge is 0.161 e. The fourth-order valence-electron chi connectivity index (χ4n) is 2.95. The zero-order valence-corrected chi connectivity index (χ0v) is 18.1. The average Bonchev–Trinajstić information content (AvgIpc) is 2.76. The Kier molecular flexibility index (Phi) is 6.78. The highest BCUT2D eigenvalue weighted by Crippen LogP contribution is 2.30. The van der Waals surface area contributed by atoms with E-state index in [0.717, 1.165) is 29.2 Å². The van der Waals surface area contributed by atoms with E-state index in [0.29, 0.717) is 12.4 Å². The number of aliphatic imine (C=N–C) groups is 1. The molecule has 4 heteroatoms. The van der Waals surface area contributed by atoms with E-state index < -0.39 is 0 Å². The summed E-state index contributed by atoms with van der Waals surface area (Å²) >= 11 is 0. The number of nitrogens with zero attached hydrogens (tertiary/aromatic N) is 1. The summed E-state index contributed by atoms with van der Waals surface area (Å²) in [4.78, 5) is 4.49. The fourth-order valence-corrected chi connectivity index (χ4v) is 2.95. The number of phenolic OH excluding ortho intramolecular Hbond substituents is 1. The van der Waals surface area contributed by atoms with Crippen LogP contribution in [-0.4, -0.2) is 17.9 Å². The molecule has 0 bridgehead atoms. The maximum absolute atomic E-state index is 9.79. The second-order valence-electron chi connectivity index (χ2n) is 7.78. The topological polar surface area (TPSA) is 51.0 Å². The maximum atomic E-state index is 9.79. The van der Waals surface area contributed by atoms with E-state index in [2.05, 4.69) is 37.9 Å². The van der Waals surface area contributed by atoms with Gasteiger partial charge in [-0.3, -0.25) is 4.99 Å². The number of benzene rings is 3. The van der Waals surface area contributed by atoms with E-state index in [4.69, 9.17) is 9.47 Å². The predicted molar refractivity (Wildman–Crippen MR) is 123 cm³/mol. The Morgan fingerprint density at radius 1 is 0.900 bits per heavy atom. The van der Waals surface area contributed by atoms with Crippen LogP contribution in [0.15, 0.2) is 71.7 Å². The Hall–Kier alpha value is -3.27. The van der Waals surface area contributed by atoms with Crippen LogP contribution in [0, 0.1) is 0 Å². The molecule has 156 valence electrons. The summed E-state index contributed by atoms with van der Waals surface area (Å²) < 4.78 is 11.4. The molecule has 30 heavy (non-hydrogen) atoms. The van der Waals surface area contributed by atoms with Crippen LogP contribution in [0.25, 0.3) is 0 Å². The number of hydrogen-bond donors (Lipinski definition) is 1. The van der Waals surface area contributed by atoms with Crippen molar-refractivity contribution in [3.05, 3.63) is 77.9 Å². The molecule has 1 N–H and O–H groups in total. The van der Waals surface area contributed by atoms with E-state index in [9.17, 15) is 5.11 Å². The van der Waals surface area contributed by atoms with Crippen LogP contribution in [0.2, 0.25) is 0 Å². The lowest BCUT2D eigenvalue weighted by Crippen LogP contribution is -2.14. The van der Waals surface area contributed by atoms with Crippen LogP contribution in [0.1, 0.15) is 45.2 Å². The van der Waals surface area contributed by atoms with Crippen molar-refractivity contribution >= 4 is 11.9 Å². The zero-order chi connectivity index (χ0) is 21.6. The van der Waals surface area contributed by atoms with Gasteiger partial charge in [0.1, 0.15) is 11.5 Å². The third-order valence-corrected chi connectivity index (χ3v) is 5.24. The normalized spacial score (nSPS) is 11.6. The number of aromatic hydroxyl groups is 1. The zero-order valence-electron chi connectivity index (χ0n) is 18.1. The Morgan fingerprint density at radius 3 is 2.13 bits per heavy atom. The van der Waals surface area contributed by atoms with Gasteiger partial charge in [-0.15, -0.1) is 0 Å². The van der Waals surface area contributed by atoms with Crippen LogP contribution >= 0.6 is 0 Å². The molecule has 3 aromatic carbocycles. The largest absolute Gasteiger partial charge is 0.504 e. The molecule has 0 unspecified atom stereocenters. The predicted octanol–water partition coefficient (Wildman–Crippen LogP) is 7.02. The van der Waals surface area contributed by atoms with E-state index >= 15 is 0 Å². The minimum absolute atomic E-state index is 0.127. The first-order valence-electron chi connectivity index (χ1n) is 10.3. The molecular formula is C26H29NO3. The molecule has 0 amide bonds. The third-order valence-electron chi connectivity index (χ3n) is 5.24. The minimum Gasteiger partial charge on any atom is -0.504 e. The monoisotopic (exact) mass is 403 g/mol. The first-order valence-corrected chi connectivity index (χ1v) is 10.3. The Morgan fingerprint density at radius 2 is 1.53 bits per heavy atom. The molecule has 0 atom stereocenters. The van der Waals surface area contributed by atoms with Gasteiger partial charge in [-0.2, -0.15) is 0 Å². The molecular weight excluding hydrogens is 374 g/mol. The minimum atomic E-state index is 0.127. The van der Waals surface area contributed by atoms with Crippen LogP contribution in [0.3, 0.4) is 0 Å². The Labute approximate surface area is 178 Å². The molecule has 3 rings (SSSR count). The molecule has 0 aromatic heterocycles. The average molecular weight is 404 g/mol. The maximum Gasteiger partial charge on any atom is 0.161 e. The quantitative estimate of drug-likeness (QED) is 0.411. The SMILES string of the molecule is CCOc1cc(C=Nc2ccc(Oc3ccc(C(C)(C)CC)cc3)cc2)ccc1O. The van der Waals surface area contributed by atoms with E-state index in [1.165, 1.54) is 5.56 Å². The molecule has 0 aliphatic heterocycles. The standard InChI is InChI=1S/C26H29NO3/c1-5-26(3,4)20-8-12-22(13-9-20)30-23-14-10-21(11-15-23)27-18-19-7-16-24(28)25(17-19)29-6-2/h7-18,28H,5-6H2,1-4H3. The van der Waals surface area contributed by atoms with Gasteiger partial charge in [0.05, 0.1) is 12.3 Å². The molecule has 0 fully saturated rings. The summed E-state index contributed by atoms with van der Waals surface area (Å²) in [6.45, 7) is 9.07. The van der Waals surface area contributed by atoms with Gasteiger partial charge in [-0.25, -0.2) is 0 Å². The number of ether oxygens (including phenoxy) is 2. The molecule has 0 saturated carbocycles. The molecule has 0 spiro atoms. The lowest BCUT2D eigenvalue weighted by atomic mass is 9.82. The third kappa shape index (κ3) is 5.41. The van der Waals surface area contributed by atoms with Gasteiger partial charge < -0.3 is 14.6 Å². The highest BCUT2D eigenvalue weighted by Gasteiger charge is 2.17. The van der Waals surface area contributed by atoms with E-state index in [1.807, 2.05) is 43.3 Å². The van der Waals surface area contributed by atoms with Crippen molar-refractivity contribution in [1.29, 1.82) is 0 Å². The summed E-state index contributed by atoms with van der Waals surface area (Å²) in [7, 11) is 0. The van der Waals surface area contributed by atoms with Crippen molar-refractivity contribution in [1.82, 2.24) is 0 Å². The molecule has 0 saturated heterocycles. The summed E-state index contributed by atoms with van der Waals surface area (Å²) in [5.41, 5.74) is 3.14. The molecule has 0 radical (unpaired) electrons. The molecule has 4 nitrogen and oxygen atoms in total. The van der Waals surface area contributed by atoms with Crippen molar-refractivity contribution < 1.29 is 14.6 Å². The summed E-state index contributed by atoms with van der Waals surface area (Å²) in [6, 6.07) is 21.1. The van der Waals surface area contributed by atoms with Gasteiger partial charge in [-0.1, -0.05) is 32.9 Å². The van der Waals surface area contributed by atoms with Crippen molar-refractivity contribution in [2.24, 2.45) is 4.99 Å². The molecule has 0 aliphatic carbocycles. The van der Waals surface area contributed by atoms with Gasteiger partial charge >= 0.3 is 0 Å². The van der Waals surface area contributed by atoms with E-state index in [-0.39, 0.29) is 11.2 Å². The van der Waals surface area contributed by atoms with Gasteiger partial charge in [-0.05, 0) is 84.5 Å².